The maximum Gasteiger partial charge on any atom is 0.225 e. The van der Waals surface area contributed by atoms with Crippen LogP contribution in [0, 0.1) is 0 Å². The first-order chi connectivity index (χ1) is 12.6. The lowest BCUT2D eigenvalue weighted by Gasteiger charge is -2.36. The molecule has 2 aromatic rings. The maximum atomic E-state index is 4.93. The lowest BCUT2D eigenvalue weighted by molar-refractivity contribution is 0.585. The van der Waals surface area contributed by atoms with Crippen LogP contribution in [0.15, 0.2) is 30.3 Å². The molecule has 4 nitrogen and oxygen atoms in total. The average molecular weight is 351 g/mol. The highest BCUT2D eigenvalue weighted by atomic mass is 15.3. The average Bonchev–Trinajstić information content (AvgIpc) is 3.13. The Morgan fingerprint density at radius 2 is 1.81 bits per heavy atom. The lowest BCUT2D eigenvalue weighted by atomic mass is 9.95. The van der Waals surface area contributed by atoms with E-state index in [9.17, 15) is 0 Å². The Hall–Kier alpha value is -2.10. The minimum absolute atomic E-state index is 0.397. The Bertz CT molecular complexity index is 764. The van der Waals surface area contributed by atoms with E-state index >= 15 is 0 Å². The van der Waals surface area contributed by atoms with Crippen LogP contribution < -0.4 is 10.2 Å². The molecule has 1 aromatic heterocycles. The zero-order valence-corrected chi connectivity index (χ0v) is 16.2. The Labute approximate surface area is 157 Å². The fourth-order valence-electron chi connectivity index (χ4n) is 4.20. The lowest BCUT2D eigenvalue weighted by Crippen LogP contribution is -2.39. The van der Waals surface area contributed by atoms with Crippen molar-refractivity contribution in [2.45, 2.75) is 77.4 Å². The van der Waals surface area contributed by atoms with Crippen molar-refractivity contribution in [1.29, 1.82) is 0 Å². The maximum absolute atomic E-state index is 4.93. The quantitative estimate of drug-likeness (QED) is 0.851. The second-order valence-corrected chi connectivity index (χ2v) is 8.20. The van der Waals surface area contributed by atoms with E-state index in [-0.39, 0.29) is 0 Å². The van der Waals surface area contributed by atoms with Crippen molar-refractivity contribution >= 4 is 11.8 Å². The highest BCUT2D eigenvalue weighted by Crippen LogP contribution is 2.30. The first-order valence-corrected chi connectivity index (χ1v) is 10.1. The molecule has 1 aliphatic heterocycles. The van der Waals surface area contributed by atoms with Crippen LogP contribution in [-0.2, 0) is 13.0 Å². The molecule has 1 aromatic carbocycles. The molecule has 2 heterocycles. The highest BCUT2D eigenvalue weighted by molar-refractivity contribution is 5.50. The first-order valence-electron chi connectivity index (χ1n) is 10.1. The standard InChI is InChI=1S/C22H30N4/c1-15(2)20-13-21(25-22(24-20)23-19-10-6-7-11-19)26-14-18-9-5-4-8-17(18)12-16(26)3/h4-5,8-9,13,15-16,19H,6-7,10-12,14H2,1-3H3,(H,23,24,25)/t16-/m0/s1. The molecule has 0 spiro atoms. The van der Waals surface area contributed by atoms with Crippen LogP contribution in [0.5, 0.6) is 0 Å². The van der Waals surface area contributed by atoms with Gasteiger partial charge < -0.3 is 10.2 Å². The Kier molecular flexibility index (Phi) is 4.84. The molecule has 1 fully saturated rings. The number of hydrogen-bond donors (Lipinski definition) is 1. The summed E-state index contributed by atoms with van der Waals surface area (Å²) in [6.07, 6.45) is 6.17. The number of rotatable bonds is 4. The highest BCUT2D eigenvalue weighted by Gasteiger charge is 2.25. The molecule has 1 aliphatic carbocycles. The number of benzene rings is 1. The van der Waals surface area contributed by atoms with E-state index in [1.165, 1.54) is 36.8 Å². The van der Waals surface area contributed by atoms with Gasteiger partial charge in [-0.3, -0.25) is 0 Å². The van der Waals surface area contributed by atoms with Crippen LogP contribution >= 0.6 is 0 Å². The molecule has 26 heavy (non-hydrogen) atoms. The number of nitrogens with one attached hydrogen (secondary N) is 1. The summed E-state index contributed by atoms with van der Waals surface area (Å²) in [7, 11) is 0. The van der Waals surface area contributed by atoms with E-state index < -0.39 is 0 Å². The van der Waals surface area contributed by atoms with Gasteiger partial charge in [-0.25, -0.2) is 4.98 Å². The summed E-state index contributed by atoms with van der Waals surface area (Å²) in [5, 5.41) is 3.60. The molecule has 1 saturated carbocycles. The SMILES string of the molecule is CC(C)c1cc(N2Cc3ccccc3C[C@@H]2C)nc(NC2CCCC2)n1. The van der Waals surface area contributed by atoms with Crippen molar-refractivity contribution in [3.05, 3.63) is 47.2 Å². The molecule has 4 heteroatoms. The third-order valence-corrected chi connectivity index (χ3v) is 5.81. The molecule has 0 radical (unpaired) electrons. The topological polar surface area (TPSA) is 41.1 Å². The van der Waals surface area contributed by atoms with Gasteiger partial charge in [0.25, 0.3) is 0 Å². The van der Waals surface area contributed by atoms with Crippen molar-refractivity contribution in [2.75, 3.05) is 10.2 Å². The molecular formula is C22H30N4. The van der Waals surface area contributed by atoms with Crippen molar-refractivity contribution < 1.29 is 0 Å². The predicted octanol–water partition coefficient (Wildman–Crippen LogP) is 4.91. The number of nitrogens with zero attached hydrogens (tertiary/aromatic N) is 3. The summed E-state index contributed by atoms with van der Waals surface area (Å²) in [5.74, 6) is 2.27. The molecule has 1 atom stereocenters. The summed E-state index contributed by atoms with van der Waals surface area (Å²) in [6.45, 7) is 7.65. The number of fused-ring (bicyclic) bond motifs is 1. The summed E-state index contributed by atoms with van der Waals surface area (Å²) in [6, 6.07) is 12.0. The van der Waals surface area contributed by atoms with Gasteiger partial charge >= 0.3 is 0 Å². The number of anilines is 2. The molecular weight excluding hydrogens is 320 g/mol. The molecule has 1 N–H and O–H groups in total. The van der Waals surface area contributed by atoms with Gasteiger partial charge in [0, 0.05) is 24.7 Å². The van der Waals surface area contributed by atoms with Crippen molar-refractivity contribution in [3.8, 4) is 0 Å². The van der Waals surface area contributed by atoms with Gasteiger partial charge in [-0.05, 0) is 43.2 Å². The zero-order chi connectivity index (χ0) is 18.1. The minimum Gasteiger partial charge on any atom is -0.351 e. The first kappa shape index (κ1) is 17.3. The molecule has 2 aliphatic rings. The van der Waals surface area contributed by atoms with Crippen LogP contribution in [0.25, 0.3) is 0 Å². The van der Waals surface area contributed by atoms with Gasteiger partial charge in [0.15, 0.2) is 0 Å². The predicted molar refractivity (Wildman–Crippen MR) is 108 cm³/mol. The minimum atomic E-state index is 0.397. The molecule has 0 saturated heterocycles. The second kappa shape index (κ2) is 7.26. The van der Waals surface area contributed by atoms with Crippen LogP contribution in [0.2, 0.25) is 0 Å². The van der Waals surface area contributed by atoms with Gasteiger partial charge in [0.1, 0.15) is 5.82 Å². The van der Waals surface area contributed by atoms with Crippen LogP contribution in [-0.4, -0.2) is 22.1 Å². The zero-order valence-electron chi connectivity index (χ0n) is 16.2. The number of hydrogen-bond acceptors (Lipinski definition) is 4. The van der Waals surface area contributed by atoms with Crippen molar-refractivity contribution in [2.24, 2.45) is 0 Å². The van der Waals surface area contributed by atoms with Gasteiger partial charge in [0.2, 0.25) is 5.95 Å². The monoisotopic (exact) mass is 350 g/mol. The fraction of sp³-hybridized carbons (Fsp3) is 0.545. The van der Waals surface area contributed by atoms with Crippen LogP contribution in [0.1, 0.15) is 69.2 Å². The summed E-state index contributed by atoms with van der Waals surface area (Å²) < 4.78 is 0. The largest absolute Gasteiger partial charge is 0.351 e. The van der Waals surface area contributed by atoms with Crippen LogP contribution in [0.3, 0.4) is 0 Å². The van der Waals surface area contributed by atoms with E-state index in [2.05, 4.69) is 61.3 Å². The van der Waals surface area contributed by atoms with Gasteiger partial charge in [-0.1, -0.05) is 51.0 Å². The fourth-order valence-corrected chi connectivity index (χ4v) is 4.20. The summed E-state index contributed by atoms with van der Waals surface area (Å²) in [4.78, 5) is 12.2. The third-order valence-electron chi connectivity index (χ3n) is 5.81. The summed E-state index contributed by atoms with van der Waals surface area (Å²) in [5.41, 5.74) is 4.01. The van der Waals surface area contributed by atoms with Gasteiger partial charge in [-0.2, -0.15) is 4.98 Å². The molecule has 0 amide bonds. The van der Waals surface area contributed by atoms with E-state index in [1.807, 2.05) is 0 Å². The van der Waals surface area contributed by atoms with Gasteiger partial charge in [0.05, 0.1) is 5.69 Å². The normalized spacial score (nSPS) is 20.5. The second-order valence-electron chi connectivity index (χ2n) is 8.20. The van der Waals surface area contributed by atoms with E-state index in [1.54, 1.807) is 0 Å². The Morgan fingerprint density at radius 3 is 2.54 bits per heavy atom. The smallest absolute Gasteiger partial charge is 0.225 e. The van der Waals surface area contributed by atoms with E-state index in [4.69, 9.17) is 9.97 Å². The number of aromatic nitrogens is 2. The molecule has 138 valence electrons. The van der Waals surface area contributed by atoms with E-state index in [0.29, 0.717) is 18.0 Å². The van der Waals surface area contributed by atoms with Gasteiger partial charge in [-0.15, -0.1) is 0 Å². The van der Waals surface area contributed by atoms with Crippen molar-refractivity contribution in [1.82, 2.24) is 9.97 Å². The Balaban J connectivity index is 1.65. The molecule has 0 bridgehead atoms. The van der Waals surface area contributed by atoms with Crippen LogP contribution in [0.4, 0.5) is 11.8 Å². The molecule has 4 rings (SSSR count). The molecule has 0 unspecified atom stereocenters. The summed E-state index contributed by atoms with van der Waals surface area (Å²) >= 11 is 0. The Morgan fingerprint density at radius 1 is 1.08 bits per heavy atom. The third kappa shape index (κ3) is 3.55. The van der Waals surface area contributed by atoms with E-state index in [0.717, 1.165) is 30.4 Å². The van der Waals surface area contributed by atoms with Crippen molar-refractivity contribution in [3.63, 3.8) is 0 Å².